The standard InChI is InChI=1S/C16H16F3N5O/c1-2-25-11(10-6-4-3-5-7-10)8-20-13-12-14(22-9-21-12)24-15(23-13)16(17,18)19/h3-7,9,11H,2,8H2,1H3,(H2,20,21,22,23,24). The van der Waals surface area contributed by atoms with Gasteiger partial charge in [-0.15, -0.1) is 0 Å². The van der Waals surface area contributed by atoms with Crippen LogP contribution in [0.3, 0.4) is 0 Å². The number of aromatic amines is 1. The quantitative estimate of drug-likeness (QED) is 0.710. The molecule has 2 aromatic heterocycles. The monoisotopic (exact) mass is 351 g/mol. The minimum absolute atomic E-state index is 0.0375. The predicted molar refractivity (Wildman–Crippen MR) is 86.0 cm³/mol. The highest BCUT2D eigenvalue weighted by molar-refractivity contribution is 5.82. The molecule has 1 aromatic carbocycles. The molecule has 3 aromatic rings. The number of halogens is 3. The zero-order chi connectivity index (χ0) is 17.9. The third kappa shape index (κ3) is 3.87. The van der Waals surface area contributed by atoms with Gasteiger partial charge in [0.1, 0.15) is 5.52 Å². The van der Waals surface area contributed by atoms with Gasteiger partial charge < -0.3 is 15.0 Å². The summed E-state index contributed by atoms with van der Waals surface area (Å²) in [6.45, 7) is 2.58. The molecule has 0 aliphatic carbocycles. The maximum Gasteiger partial charge on any atom is 0.451 e. The molecular weight excluding hydrogens is 335 g/mol. The largest absolute Gasteiger partial charge is 0.451 e. The van der Waals surface area contributed by atoms with Crippen LogP contribution in [0.4, 0.5) is 19.0 Å². The summed E-state index contributed by atoms with van der Waals surface area (Å²) in [4.78, 5) is 13.6. The van der Waals surface area contributed by atoms with Crippen LogP contribution in [0.2, 0.25) is 0 Å². The van der Waals surface area contributed by atoms with E-state index in [1.165, 1.54) is 6.33 Å². The van der Waals surface area contributed by atoms with Crippen LogP contribution in [0.15, 0.2) is 36.7 Å². The molecule has 2 N–H and O–H groups in total. The van der Waals surface area contributed by atoms with Crippen molar-refractivity contribution in [1.29, 1.82) is 0 Å². The lowest BCUT2D eigenvalue weighted by atomic mass is 10.1. The van der Waals surface area contributed by atoms with Crippen molar-refractivity contribution in [2.75, 3.05) is 18.5 Å². The lowest BCUT2D eigenvalue weighted by molar-refractivity contribution is -0.144. The van der Waals surface area contributed by atoms with E-state index in [-0.39, 0.29) is 24.1 Å². The van der Waals surface area contributed by atoms with Gasteiger partial charge in [0.15, 0.2) is 11.5 Å². The van der Waals surface area contributed by atoms with Crippen molar-refractivity contribution in [3.05, 3.63) is 48.0 Å². The Labute approximate surface area is 141 Å². The van der Waals surface area contributed by atoms with E-state index in [1.54, 1.807) is 0 Å². The summed E-state index contributed by atoms with van der Waals surface area (Å²) in [5.74, 6) is -1.20. The highest BCUT2D eigenvalue weighted by atomic mass is 19.4. The van der Waals surface area contributed by atoms with Crippen molar-refractivity contribution in [3.63, 3.8) is 0 Å². The van der Waals surface area contributed by atoms with Gasteiger partial charge in [0, 0.05) is 13.2 Å². The number of nitrogens with zero attached hydrogens (tertiary/aromatic N) is 3. The smallest absolute Gasteiger partial charge is 0.372 e. The van der Waals surface area contributed by atoms with Gasteiger partial charge in [0.25, 0.3) is 0 Å². The topological polar surface area (TPSA) is 75.7 Å². The van der Waals surface area contributed by atoms with Gasteiger partial charge in [-0.1, -0.05) is 30.3 Å². The maximum atomic E-state index is 13.0. The summed E-state index contributed by atoms with van der Waals surface area (Å²) < 4.78 is 44.6. The van der Waals surface area contributed by atoms with Crippen LogP contribution in [0.5, 0.6) is 0 Å². The Balaban J connectivity index is 1.87. The van der Waals surface area contributed by atoms with E-state index >= 15 is 0 Å². The molecule has 25 heavy (non-hydrogen) atoms. The number of imidazole rings is 1. The molecule has 0 bridgehead atoms. The van der Waals surface area contributed by atoms with Crippen molar-refractivity contribution < 1.29 is 17.9 Å². The molecule has 0 radical (unpaired) electrons. The molecule has 1 unspecified atom stereocenters. The summed E-state index contributed by atoms with van der Waals surface area (Å²) in [6, 6.07) is 9.43. The first-order chi connectivity index (χ1) is 12.0. The molecule has 0 aliphatic heterocycles. The Hall–Kier alpha value is -2.68. The van der Waals surface area contributed by atoms with Crippen molar-refractivity contribution in [1.82, 2.24) is 19.9 Å². The van der Waals surface area contributed by atoms with E-state index in [1.807, 2.05) is 37.3 Å². The number of fused-ring (bicyclic) bond motifs is 1. The molecule has 0 aliphatic rings. The fraction of sp³-hybridized carbons (Fsp3) is 0.312. The van der Waals surface area contributed by atoms with Gasteiger partial charge in [-0.25, -0.2) is 15.0 Å². The first kappa shape index (κ1) is 17.2. The fourth-order valence-electron chi connectivity index (χ4n) is 2.42. The molecule has 0 spiro atoms. The van der Waals surface area contributed by atoms with E-state index < -0.39 is 12.0 Å². The number of aromatic nitrogens is 4. The average Bonchev–Trinajstić information content (AvgIpc) is 3.07. The number of benzene rings is 1. The van der Waals surface area contributed by atoms with Crippen molar-refractivity contribution in [2.45, 2.75) is 19.2 Å². The molecule has 0 saturated carbocycles. The van der Waals surface area contributed by atoms with Crippen LogP contribution < -0.4 is 5.32 Å². The van der Waals surface area contributed by atoms with E-state index in [0.717, 1.165) is 5.56 Å². The van der Waals surface area contributed by atoms with Crippen LogP contribution in [0.25, 0.3) is 11.2 Å². The molecule has 2 heterocycles. The van der Waals surface area contributed by atoms with Gasteiger partial charge in [-0.2, -0.15) is 13.2 Å². The lowest BCUT2D eigenvalue weighted by Crippen LogP contribution is -2.19. The molecule has 0 saturated heterocycles. The first-order valence-corrected chi connectivity index (χ1v) is 7.67. The van der Waals surface area contributed by atoms with Crippen LogP contribution in [-0.2, 0) is 10.9 Å². The number of anilines is 1. The second-order valence-corrected chi connectivity index (χ2v) is 5.23. The third-order valence-corrected chi connectivity index (χ3v) is 3.53. The number of H-pyrrole nitrogens is 1. The molecule has 3 rings (SSSR count). The van der Waals surface area contributed by atoms with E-state index in [4.69, 9.17) is 4.74 Å². The zero-order valence-electron chi connectivity index (χ0n) is 13.3. The maximum absolute atomic E-state index is 13.0. The highest BCUT2D eigenvalue weighted by Crippen LogP contribution is 2.29. The summed E-state index contributed by atoms with van der Waals surface area (Å²) in [7, 11) is 0. The van der Waals surface area contributed by atoms with Crippen LogP contribution in [0.1, 0.15) is 24.4 Å². The van der Waals surface area contributed by atoms with Crippen LogP contribution >= 0.6 is 0 Å². The molecule has 0 fully saturated rings. The van der Waals surface area contributed by atoms with Crippen LogP contribution in [-0.4, -0.2) is 33.1 Å². The molecule has 132 valence electrons. The summed E-state index contributed by atoms with van der Waals surface area (Å²) >= 11 is 0. The van der Waals surface area contributed by atoms with Gasteiger partial charge in [0.2, 0.25) is 5.82 Å². The highest BCUT2D eigenvalue weighted by Gasteiger charge is 2.36. The molecule has 6 nitrogen and oxygen atoms in total. The second kappa shape index (κ2) is 7.06. The summed E-state index contributed by atoms with van der Waals surface area (Å²) in [5.41, 5.74) is 1.19. The summed E-state index contributed by atoms with van der Waals surface area (Å²) in [6.07, 6.45) is -3.70. The van der Waals surface area contributed by atoms with Gasteiger partial charge in [-0.05, 0) is 12.5 Å². The molecule has 0 amide bonds. The number of hydrogen-bond donors (Lipinski definition) is 2. The number of alkyl halides is 3. The fourth-order valence-corrected chi connectivity index (χ4v) is 2.42. The Kier molecular flexibility index (Phi) is 4.84. The van der Waals surface area contributed by atoms with E-state index in [9.17, 15) is 13.2 Å². The first-order valence-electron chi connectivity index (χ1n) is 7.67. The Morgan fingerprint density at radius 1 is 1.20 bits per heavy atom. The Morgan fingerprint density at radius 3 is 2.64 bits per heavy atom. The normalized spacial score (nSPS) is 13.1. The molecular formula is C16H16F3N5O. The number of hydrogen-bond acceptors (Lipinski definition) is 5. The SMILES string of the molecule is CCOC(CNc1nc(C(F)(F)F)nc2nc[nH]c12)c1ccccc1. The molecule has 1 atom stereocenters. The molecule has 9 heteroatoms. The second-order valence-electron chi connectivity index (χ2n) is 5.23. The zero-order valence-corrected chi connectivity index (χ0v) is 13.3. The number of ether oxygens (including phenoxy) is 1. The average molecular weight is 351 g/mol. The van der Waals surface area contributed by atoms with E-state index in [2.05, 4.69) is 25.3 Å². The summed E-state index contributed by atoms with van der Waals surface area (Å²) in [5, 5.41) is 2.92. The predicted octanol–water partition coefficient (Wildman–Crippen LogP) is 3.56. The van der Waals surface area contributed by atoms with Crippen molar-refractivity contribution in [2.24, 2.45) is 0 Å². The van der Waals surface area contributed by atoms with Gasteiger partial charge in [0.05, 0.1) is 12.4 Å². The Bertz CT molecular complexity index is 835. The van der Waals surface area contributed by atoms with E-state index in [0.29, 0.717) is 12.1 Å². The van der Waals surface area contributed by atoms with Crippen LogP contribution in [0, 0.1) is 0 Å². The van der Waals surface area contributed by atoms with Crippen molar-refractivity contribution >= 4 is 17.0 Å². The van der Waals surface area contributed by atoms with Crippen molar-refractivity contribution in [3.8, 4) is 0 Å². The number of nitrogens with one attached hydrogen (secondary N) is 2. The third-order valence-electron chi connectivity index (χ3n) is 3.53. The minimum atomic E-state index is -4.65. The lowest BCUT2D eigenvalue weighted by Gasteiger charge is -2.19. The Morgan fingerprint density at radius 2 is 1.96 bits per heavy atom. The van der Waals surface area contributed by atoms with Gasteiger partial charge >= 0.3 is 6.18 Å². The minimum Gasteiger partial charge on any atom is -0.372 e. The number of rotatable bonds is 6. The van der Waals surface area contributed by atoms with Gasteiger partial charge in [-0.3, -0.25) is 0 Å².